The number of cyclic esters (lactones) is 1. The van der Waals surface area contributed by atoms with E-state index < -0.39 is 30.6 Å². The minimum Gasteiger partial charge on any atom is -0.493 e. The maximum Gasteiger partial charge on any atom is 0.339 e. The van der Waals surface area contributed by atoms with Gasteiger partial charge in [0.15, 0.2) is 23.0 Å². The maximum absolute atomic E-state index is 12.9. The third-order valence-corrected chi connectivity index (χ3v) is 7.26. The predicted octanol–water partition coefficient (Wildman–Crippen LogP) is 3.05. The van der Waals surface area contributed by atoms with Crippen molar-refractivity contribution in [2.24, 2.45) is 0 Å². The molecule has 0 aromatic heterocycles. The van der Waals surface area contributed by atoms with Crippen LogP contribution in [0, 0.1) is 0 Å². The summed E-state index contributed by atoms with van der Waals surface area (Å²) in [5.74, 6) is 1.68. The molecule has 0 bridgehead atoms. The number of methoxy groups -OCH3 is 4. The molecule has 206 valence electrons. The van der Waals surface area contributed by atoms with Gasteiger partial charge in [-0.15, -0.1) is 0 Å². The fourth-order valence-electron chi connectivity index (χ4n) is 5.37. The van der Waals surface area contributed by atoms with Crippen molar-refractivity contribution in [3.8, 4) is 39.9 Å². The quantitative estimate of drug-likeness (QED) is 0.445. The van der Waals surface area contributed by atoms with Gasteiger partial charge in [-0.3, -0.25) is 0 Å². The van der Waals surface area contributed by atoms with E-state index in [4.69, 9.17) is 42.6 Å². The molecule has 0 amide bonds. The van der Waals surface area contributed by atoms with Crippen LogP contribution in [0.1, 0.15) is 15.9 Å². The van der Waals surface area contributed by atoms with Crippen molar-refractivity contribution in [2.75, 3.05) is 41.8 Å². The van der Waals surface area contributed by atoms with Crippen LogP contribution in [0.25, 0.3) is 21.9 Å². The Morgan fingerprint density at radius 2 is 1.69 bits per heavy atom. The molecule has 1 N–H and O–H groups in total. The average molecular weight is 541 g/mol. The molecule has 3 aliphatic heterocycles. The van der Waals surface area contributed by atoms with Crippen molar-refractivity contribution in [3.63, 3.8) is 0 Å². The van der Waals surface area contributed by atoms with Gasteiger partial charge >= 0.3 is 5.97 Å². The highest BCUT2D eigenvalue weighted by molar-refractivity contribution is 6.13. The Morgan fingerprint density at radius 1 is 0.872 bits per heavy atom. The van der Waals surface area contributed by atoms with E-state index >= 15 is 0 Å². The fourth-order valence-corrected chi connectivity index (χ4v) is 5.37. The first kappa shape index (κ1) is 25.5. The molecule has 3 heterocycles. The summed E-state index contributed by atoms with van der Waals surface area (Å²) in [6, 6.07) is 9.08. The number of carbonyl (C=O) groups is 1. The second-order valence-electron chi connectivity index (χ2n) is 9.25. The number of ether oxygens (including phenoxy) is 9. The summed E-state index contributed by atoms with van der Waals surface area (Å²) < 4.78 is 51.0. The van der Waals surface area contributed by atoms with Crippen molar-refractivity contribution in [1.82, 2.24) is 0 Å². The van der Waals surface area contributed by atoms with Crippen molar-refractivity contribution in [1.29, 1.82) is 0 Å². The monoisotopic (exact) mass is 540 g/mol. The molecule has 1 saturated heterocycles. The lowest BCUT2D eigenvalue weighted by Crippen LogP contribution is -2.56. The van der Waals surface area contributed by atoms with Crippen molar-refractivity contribution < 1.29 is 52.5 Å². The lowest BCUT2D eigenvalue weighted by Gasteiger charge is -2.38. The first-order valence-electron chi connectivity index (χ1n) is 12.3. The van der Waals surface area contributed by atoms with Gasteiger partial charge in [0, 0.05) is 30.7 Å². The van der Waals surface area contributed by atoms with Gasteiger partial charge in [0.05, 0.1) is 26.4 Å². The van der Waals surface area contributed by atoms with Gasteiger partial charge in [-0.2, -0.15) is 0 Å². The Balaban J connectivity index is 1.56. The van der Waals surface area contributed by atoms with E-state index in [9.17, 15) is 9.90 Å². The number of hydrogen-bond donors (Lipinski definition) is 1. The number of benzene rings is 3. The minimum absolute atomic E-state index is 0.0965. The molecule has 0 saturated carbocycles. The molecule has 3 aromatic rings. The smallest absolute Gasteiger partial charge is 0.339 e. The Kier molecular flexibility index (Phi) is 6.59. The average Bonchev–Trinajstić information content (AvgIpc) is 3.58. The molecule has 0 spiro atoms. The molecule has 39 heavy (non-hydrogen) atoms. The second kappa shape index (κ2) is 10.1. The zero-order valence-corrected chi connectivity index (χ0v) is 21.8. The van der Waals surface area contributed by atoms with Gasteiger partial charge in [0.2, 0.25) is 18.8 Å². The van der Waals surface area contributed by atoms with Crippen LogP contribution in [-0.4, -0.2) is 77.5 Å². The maximum atomic E-state index is 12.9. The lowest BCUT2D eigenvalue weighted by atomic mass is 9.89. The van der Waals surface area contributed by atoms with E-state index in [0.717, 1.165) is 5.56 Å². The summed E-state index contributed by atoms with van der Waals surface area (Å²) >= 11 is 0. The van der Waals surface area contributed by atoms with Crippen molar-refractivity contribution in [3.05, 3.63) is 41.5 Å². The molecule has 11 heteroatoms. The Hall–Kier alpha value is -3.77. The molecule has 0 radical (unpaired) electrons. The topological polar surface area (TPSA) is 120 Å². The lowest BCUT2D eigenvalue weighted by molar-refractivity contribution is -0.252. The fraction of sp³-hybridized carbons (Fsp3) is 0.393. The highest BCUT2D eigenvalue weighted by Crippen LogP contribution is 2.50. The highest BCUT2D eigenvalue weighted by atomic mass is 16.7. The Labute approximate surface area is 224 Å². The van der Waals surface area contributed by atoms with E-state index in [1.807, 2.05) is 18.2 Å². The van der Waals surface area contributed by atoms with Crippen LogP contribution in [-0.2, 0) is 25.6 Å². The highest BCUT2D eigenvalue weighted by Gasteiger charge is 2.42. The van der Waals surface area contributed by atoms with Crippen LogP contribution in [0.3, 0.4) is 0 Å². The van der Waals surface area contributed by atoms with Crippen LogP contribution in [0.2, 0.25) is 0 Å². The van der Waals surface area contributed by atoms with Gasteiger partial charge in [-0.05, 0) is 35.2 Å². The minimum atomic E-state index is -1.17. The first-order chi connectivity index (χ1) is 19.0. The molecule has 3 aliphatic rings. The molecule has 6 rings (SSSR count). The number of rotatable bonds is 7. The van der Waals surface area contributed by atoms with Crippen LogP contribution >= 0.6 is 0 Å². The van der Waals surface area contributed by atoms with Gasteiger partial charge < -0.3 is 47.7 Å². The second-order valence-corrected chi connectivity index (χ2v) is 9.25. The van der Waals surface area contributed by atoms with Gasteiger partial charge in [0.25, 0.3) is 0 Å². The number of fused-ring (bicyclic) bond motifs is 3. The summed E-state index contributed by atoms with van der Waals surface area (Å²) in [5.41, 5.74) is 2.45. The zero-order valence-electron chi connectivity index (χ0n) is 21.8. The number of esters is 1. The molecular formula is C28H28O11. The zero-order chi connectivity index (χ0) is 27.3. The number of aliphatic hydroxyl groups excluding tert-OH is 1. The predicted molar refractivity (Wildman–Crippen MR) is 136 cm³/mol. The van der Waals surface area contributed by atoms with E-state index in [1.54, 1.807) is 12.1 Å². The van der Waals surface area contributed by atoms with E-state index in [1.165, 1.54) is 28.4 Å². The molecule has 11 nitrogen and oxygen atoms in total. The molecule has 0 aliphatic carbocycles. The normalized spacial score (nSPS) is 23.5. The summed E-state index contributed by atoms with van der Waals surface area (Å²) in [6.07, 6.45) is -3.44. The Morgan fingerprint density at radius 3 is 2.44 bits per heavy atom. The Bertz CT molecular complexity index is 1440. The molecule has 4 atom stereocenters. The first-order valence-corrected chi connectivity index (χ1v) is 12.3. The van der Waals surface area contributed by atoms with Crippen molar-refractivity contribution in [2.45, 2.75) is 31.2 Å². The third kappa shape index (κ3) is 4.09. The van der Waals surface area contributed by atoms with Gasteiger partial charge in [0.1, 0.15) is 24.9 Å². The van der Waals surface area contributed by atoms with E-state index in [0.29, 0.717) is 50.5 Å². The SMILES string of the molecule is COc1cc2c(-c3ccc4c(c3)OCO4)c3c(cc2c(OC2OCC(OC)C(OC)C2O)c1OC)COC3=O. The van der Waals surface area contributed by atoms with Crippen LogP contribution < -0.4 is 23.7 Å². The van der Waals surface area contributed by atoms with Crippen LogP contribution in [0.15, 0.2) is 30.3 Å². The van der Waals surface area contributed by atoms with E-state index in [-0.39, 0.29) is 25.8 Å². The van der Waals surface area contributed by atoms with Gasteiger partial charge in [-0.25, -0.2) is 4.79 Å². The molecule has 3 aromatic carbocycles. The van der Waals surface area contributed by atoms with Crippen LogP contribution in [0.4, 0.5) is 0 Å². The number of hydrogen-bond acceptors (Lipinski definition) is 11. The third-order valence-electron chi connectivity index (χ3n) is 7.26. The summed E-state index contributed by atoms with van der Waals surface area (Å²) in [5, 5.41) is 12.3. The van der Waals surface area contributed by atoms with Crippen LogP contribution in [0.5, 0.6) is 28.7 Å². The van der Waals surface area contributed by atoms with E-state index in [2.05, 4.69) is 0 Å². The molecule has 1 fully saturated rings. The van der Waals surface area contributed by atoms with Gasteiger partial charge in [-0.1, -0.05) is 6.07 Å². The number of aliphatic hydroxyl groups is 1. The molecular weight excluding hydrogens is 512 g/mol. The summed E-state index contributed by atoms with van der Waals surface area (Å²) in [7, 11) is 6.01. The largest absolute Gasteiger partial charge is 0.493 e. The van der Waals surface area contributed by atoms with Crippen molar-refractivity contribution >= 4 is 16.7 Å². The standard InChI is InChI=1S/C28H28O11/c1-31-19-9-15-16(24(26(19)34-4)39-28-23(29)25(33-3)20(32-2)11-36-28)7-14-10-35-27(30)22(14)21(15)13-5-6-17-18(8-13)38-12-37-17/h5-9,20,23,25,28-29H,10-12H2,1-4H3. The number of carbonyl (C=O) groups excluding carboxylic acids is 1. The summed E-state index contributed by atoms with van der Waals surface area (Å²) in [6.45, 7) is 0.355. The molecule has 4 unspecified atom stereocenters. The summed E-state index contributed by atoms with van der Waals surface area (Å²) in [4.78, 5) is 12.9.